The van der Waals surface area contributed by atoms with Crippen LogP contribution in [0.15, 0.2) is 42.9 Å². The Balaban J connectivity index is 0.665. The highest BCUT2D eigenvalue weighted by atomic mass is 19.3. The first-order chi connectivity index (χ1) is 31.6. The van der Waals surface area contributed by atoms with Gasteiger partial charge in [-0.3, -0.25) is 43.8 Å². The fourth-order valence-electron chi connectivity index (χ4n) is 10.2. The van der Waals surface area contributed by atoms with Crippen molar-refractivity contribution in [3.8, 4) is 0 Å². The number of piperidine rings is 1. The number of hydrogen-bond acceptors (Lipinski definition) is 14. The van der Waals surface area contributed by atoms with Crippen molar-refractivity contribution < 1.29 is 47.0 Å². The Labute approximate surface area is 372 Å². The predicted molar refractivity (Wildman–Crippen MR) is 228 cm³/mol. The van der Waals surface area contributed by atoms with Crippen molar-refractivity contribution in [1.29, 1.82) is 0 Å². The van der Waals surface area contributed by atoms with E-state index in [4.69, 9.17) is 19.2 Å². The summed E-state index contributed by atoms with van der Waals surface area (Å²) in [4.78, 5) is 74.4. The number of carbonyl (C=O) groups excluding carboxylic acids is 5. The molecular formula is C44H51F2N11O8. The molecule has 1 aliphatic carbocycles. The number of anilines is 3. The van der Waals surface area contributed by atoms with Crippen molar-refractivity contribution in [3.63, 3.8) is 0 Å². The van der Waals surface area contributed by atoms with Gasteiger partial charge >= 0.3 is 0 Å². The van der Waals surface area contributed by atoms with Gasteiger partial charge in [-0.2, -0.15) is 10.2 Å². The molecule has 1 saturated carbocycles. The molecule has 1 unspecified atom stereocenters. The van der Waals surface area contributed by atoms with E-state index in [1.807, 2.05) is 6.07 Å². The average Bonchev–Trinajstić information content (AvgIpc) is 4.15. The third-order valence-electron chi connectivity index (χ3n) is 13.5. The highest BCUT2D eigenvalue weighted by molar-refractivity contribution is 6.25. The van der Waals surface area contributed by atoms with Crippen molar-refractivity contribution in [1.82, 2.24) is 39.5 Å². The van der Waals surface area contributed by atoms with E-state index >= 15 is 0 Å². The Morgan fingerprint density at radius 3 is 2.65 bits per heavy atom. The molecule has 4 atom stereocenters. The average molecular weight is 900 g/mol. The first-order valence-electron chi connectivity index (χ1n) is 22.5. The zero-order valence-electron chi connectivity index (χ0n) is 35.7. The lowest BCUT2D eigenvalue weighted by molar-refractivity contribution is -0.136. The van der Waals surface area contributed by atoms with Gasteiger partial charge in [0.25, 0.3) is 24.1 Å². The van der Waals surface area contributed by atoms with Crippen LogP contribution < -0.4 is 20.9 Å². The first-order valence-corrected chi connectivity index (χ1v) is 22.5. The fraction of sp³-hybridized carbons (Fsp3) is 0.545. The molecule has 19 nitrogen and oxygen atoms in total. The van der Waals surface area contributed by atoms with Crippen molar-refractivity contribution in [2.45, 2.75) is 88.1 Å². The number of halogens is 2. The molecule has 5 fully saturated rings. The number of nitrogens with one attached hydrogen (secondary N) is 3. The van der Waals surface area contributed by atoms with Gasteiger partial charge in [0.05, 0.1) is 67.1 Å². The van der Waals surface area contributed by atoms with Gasteiger partial charge in [0.1, 0.15) is 17.4 Å². The van der Waals surface area contributed by atoms with E-state index in [1.165, 1.54) is 16.9 Å². The molecule has 5 aliphatic heterocycles. The Morgan fingerprint density at radius 2 is 1.86 bits per heavy atom. The van der Waals surface area contributed by atoms with Crippen LogP contribution >= 0.6 is 0 Å². The summed E-state index contributed by atoms with van der Waals surface area (Å²) in [6.45, 7) is 5.73. The topological polar surface area (TPSA) is 207 Å². The third kappa shape index (κ3) is 8.68. The maximum Gasteiger partial charge on any atom is 0.284 e. The van der Waals surface area contributed by atoms with Crippen LogP contribution in [0, 0.1) is 5.92 Å². The van der Waals surface area contributed by atoms with E-state index in [1.54, 1.807) is 29.1 Å². The van der Waals surface area contributed by atoms with Crippen molar-refractivity contribution >= 4 is 52.4 Å². The van der Waals surface area contributed by atoms with Gasteiger partial charge in [-0.1, -0.05) is 6.07 Å². The second-order valence-corrected chi connectivity index (χ2v) is 17.7. The second-order valence-electron chi connectivity index (χ2n) is 17.7. The number of rotatable bonds is 15. The molecule has 8 heterocycles. The Morgan fingerprint density at radius 1 is 1.00 bits per heavy atom. The highest BCUT2D eigenvalue weighted by Gasteiger charge is 2.46. The van der Waals surface area contributed by atoms with Gasteiger partial charge in [0.2, 0.25) is 11.8 Å². The molecule has 3 aromatic heterocycles. The number of benzene rings is 1. The van der Waals surface area contributed by atoms with Crippen LogP contribution in [0.5, 0.6) is 0 Å². The van der Waals surface area contributed by atoms with Gasteiger partial charge in [0.15, 0.2) is 11.3 Å². The number of nitrogens with zero attached hydrogens (tertiary/aromatic N) is 8. The van der Waals surface area contributed by atoms with Gasteiger partial charge in [0, 0.05) is 63.8 Å². The number of fused-ring (bicyclic) bond motifs is 4. The minimum Gasteiger partial charge on any atom is -0.384 e. The second kappa shape index (κ2) is 18.2. The van der Waals surface area contributed by atoms with Crippen LogP contribution in [0.3, 0.4) is 0 Å². The SMILES string of the molecule is O=C1CCC(N2C(=O)c3cccc(NCCCOC[C@@H]4CN(C[C@H]5CC[C@H](n6cc(NC(=O)c7cnn8ccc(N9C[C@H]%10C[C@@H]9CO%10)nc78)c(C(F)F)n6)CC5)CCO4)c3C2=O)C(=O)N1. The molecule has 4 saturated heterocycles. The van der Waals surface area contributed by atoms with Gasteiger partial charge in [-0.15, -0.1) is 0 Å². The summed E-state index contributed by atoms with van der Waals surface area (Å²) in [5.41, 5.74) is 0.971. The molecule has 6 aliphatic rings. The van der Waals surface area contributed by atoms with Gasteiger partial charge < -0.3 is 29.7 Å². The maximum absolute atomic E-state index is 14.3. The maximum atomic E-state index is 14.3. The molecule has 5 amide bonds. The number of ether oxygens (including phenoxy) is 3. The number of morpholine rings is 2. The van der Waals surface area contributed by atoms with Crippen LogP contribution in [0.1, 0.15) is 101 Å². The van der Waals surface area contributed by atoms with Crippen LogP contribution in [0.2, 0.25) is 0 Å². The number of alkyl halides is 2. The Hall–Kier alpha value is -5.90. The molecule has 0 radical (unpaired) electrons. The summed E-state index contributed by atoms with van der Waals surface area (Å²) >= 11 is 0. The first kappa shape index (κ1) is 43.0. The Kier molecular flexibility index (Phi) is 12.0. The lowest BCUT2D eigenvalue weighted by atomic mass is 9.85. The number of hydrogen-bond donors (Lipinski definition) is 3. The third-order valence-corrected chi connectivity index (χ3v) is 13.5. The van der Waals surface area contributed by atoms with E-state index in [2.05, 4.69) is 35.9 Å². The minimum atomic E-state index is -2.88. The molecular weight excluding hydrogens is 849 g/mol. The molecule has 2 bridgehead atoms. The van der Waals surface area contributed by atoms with Crippen molar-refractivity contribution in [3.05, 3.63) is 65.2 Å². The molecule has 0 spiro atoms. The molecule has 65 heavy (non-hydrogen) atoms. The minimum absolute atomic E-state index is 0.0249. The number of imide groups is 2. The zero-order valence-corrected chi connectivity index (χ0v) is 35.7. The van der Waals surface area contributed by atoms with Gasteiger partial charge in [-0.25, -0.2) is 18.3 Å². The monoisotopic (exact) mass is 899 g/mol. The van der Waals surface area contributed by atoms with E-state index in [0.29, 0.717) is 56.6 Å². The number of amides is 5. The molecule has 4 aromatic rings. The van der Waals surface area contributed by atoms with Crippen LogP contribution in [0.4, 0.5) is 26.0 Å². The van der Waals surface area contributed by atoms with Crippen LogP contribution in [-0.2, 0) is 23.8 Å². The predicted octanol–water partition coefficient (Wildman–Crippen LogP) is 3.45. The number of carbonyl (C=O) groups is 5. The summed E-state index contributed by atoms with van der Waals surface area (Å²) in [6, 6.07) is 5.96. The molecule has 1 aromatic carbocycles. The molecule has 10 rings (SSSR count). The zero-order chi connectivity index (χ0) is 44.8. The van der Waals surface area contributed by atoms with Gasteiger partial charge in [-0.05, 0) is 69.1 Å². The normalized spacial score (nSPS) is 25.8. The van der Waals surface area contributed by atoms with Crippen LogP contribution in [0.25, 0.3) is 5.65 Å². The summed E-state index contributed by atoms with van der Waals surface area (Å²) in [7, 11) is 0. The van der Waals surface area contributed by atoms with E-state index in [9.17, 15) is 32.8 Å². The summed E-state index contributed by atoms with van der Waals surface area (Å²) in [5.74, 6) is -1.61. The summed E-state index contributed by atoms with van der Waals surface area (Å²) < 4.78 is 49.4. The molecule has 3 N–H and O–H groups in total. The van der Waals surface area contributed by atoms with Crippen molar-refractivity contribution in [2.75, 3.05) is 74.7 Å². The number of aromatic nitrogens is 5. The van der Waals surface area contributed by atoms with Crippen molar-refractivity contribution in [2.24, 2.45) is 5.92 Å². The lowest BCUT2D eigenvalue weighted by Gasteiger charge is -2.37. The summed E-state index contributed by atoms with van der Waals surface area (Å²) in [5, 5.41) is 16.7. The smallest absolute Gasteiger partial charge is 0.284 e. The van der Waals surface area contributed by atoms with E-state index in [-0.39, 0.29) is 59.5 Å². The standard InChI is InChI=1S/C44H51F2N11O8/c45-39(46)38-33(49-41(59)31-18-48-55-13-11-35(50-40(31)55)54-21-28-17-27(54)23-65-28)22-56(52-38)26-7-5-25(6-8-26)19-53-14-16-64-29(20-53)24-63-15-2-12-47-32-4-1-3-30-37(32)44(62)57(43(30)61)34-9-10-36(58)51-42(34)60/h1,3-4,11,13,18,22,25-29,34,39,47H,2,5-10,12,14-17,19-21,23-24H2,(H,49,59)(H,51,58,60)/t25-,26-,27-,28-,29+,34?/m1/s1. The fourth-order valence-corrected chi connectivity index (χ4v) is 10.2. The highest BCUT2D eigenvalue weighted by Crippen LogP contribution is 2.37. The van der Waals surface area contributed by atoms with E-state index < -0.39 is 47.7 Å². The van der Waals surface area contributed by atoms with E-state index in [0.717, 1.165) is 69.0 Å². The van der Waals surface area contributed by atoms with Crippen LogP contribution in [-0.4, -0.2) is 147 Å². The molecule has 21 heteroatoms. The largest absolute Gasteiger partial charge is 0.384 e. The molecule has 344 valence electrons. The Bertz CT molecular complexity index is 2490. The summed E-state index contributed by atoms with van der Waals surface area (Å²) in [6.07, 6.45) is 6.93. The lowest BCUT2D eigenvalue weighted by Crippen LogP contribution is -2.54. The quantitative estimate of drug-likeness (QED) is 0.116.